The van der Waals surface area contributed by atoms with Crippen LogP contribution in [0, 0.1) is 11.7 Å². The van der Waals surface area contributed by atoms with Crippen molar-refractivity contribution in [1.82, 2.24) is 0 Å². The Morgan fingerprint density at radius 2 is 1.81 bits per heavy atom. The van der Waals surface area contributed by atoms with Crippen LogP contribution in [0.3, 0.4) is 0 Å². The molecule has 0 bridgehead atoms. The minimum atomic E-state index is -0.135. The lowest BCUT2D eigenvalue weighted by molar-refractivity contribution is 0.608. The van der Waals surface area contributed by atoms with Gasteiger partial charge in [-0.05, 0) is 43.9 Å². The van der Waals surface area contributed by atoms with E-state index in [1.165, 1.54) is 5.56 Å². The number of hydrogen-bond donors (Lipinski definition) is 0. The molecule has 0 atom stereocenters. The summed E-state index contributed by atoms with van der Waals surface area (Å²) in [6.45, 7) is 8.48. The Balaban J connectivity index is 2.99. The molecule has 0 radical (unpaired) electrons. The summed E-state index contributed by atoms with van der Waals surface area (Å²) in [5.74, 6) is 0.464. The molecule has 0 spiro atoms. The van der Waals surface area contributed by atoms with Crippen molar-refractivity contribution in [3.05, 3.63) is 29.6 Å². The van der Waals surface area contributed by atoms with Crippen LogP contribution < -0.4 is 4.90 Å². The summed E-state index contributed by atoms with van der Waals surface area (Å²) in [5.41, 5.74) is 1.91. The number of rotatable bonds is 4. The zero-order valence-electron chi connectivity index (χ0n) is 10.9. The lowest BCUT2D eigenvalue weighted by Gasteiger charge is -2.25. The summed E-state index contributed by atoms with van der Waals surface area (Å²) in [7, 11) is 1.93. The largest absolute Gasteiger partial charge is 0.370 e. The Labute approximate surface area is 98.3 Å². The summed E-state index contributed by atoms with van der Waals surface area (Å²) in [5, 5.41) is 0. The van der Waals surface area contributed by atoms with Crippen molar-refractivity contribution in [2.24, 2.45) is 5.92 Å². The van der Waals surface area contributed by atoms with Crippen LogP contribution in [0.2, 0.25) is 0 Å². The Bertz CT molecular complexity index is 345. The molecule has 0 aliphatic rings. The van der Waals surface area contributed by atoms with Gasteiger partial charge in [0.25, 0.3) is 0 Å². The third-order valence-electron chi connectivity index (χ3n) is 2.81. The molecule has 0 aliphatic heterocycles. The van der Waals surface area contributed by atoms with Gasteiger partial charge in [-0.3, -0.25) is 0 Å². The van der Waals surface area contributed by atoms with Crippen molar-refractivity contribution in [2.45, 2.75) is 40.2 Å². The predicted octanol–water partition coefficient (Wildman–Crippen LogP) is 3.87. The smallest absolute Gasteiger partial charge is 0.146 e. The Hall–Kier alpha value is -1.05. The highest BCUT2D eigenvalue weighted by molar-refractivity contribution is 5.50. The second kappa shape index (κ2) is 5.33. The first-order valence-corrected chi connectivity index (χ1v) is 5.93. The molecule has 1 aromatic rings. The maximum atomic E-state index is 13.7. The van der Waals surface area contributed by atoms with Gasteiger partial charge in [-0.2, -0.15) is 0 Å². The van der Waals surface area contributed by atoms with Gasteiger partial charge in [0, 0.05) is 13.1 Å². The molecule has 0 aromatic heterocycles. The summed E-state index contributed by atoms with van der Waals surface area (Å²) >= 11 is 0. The molecule has 2 heteroatoms. The minimum Gasteiger partial charge on any atom is -0.370 e. The number of nitrogens with zero attached hydrogens (tertiary/aromatic N) is 1. The standard InChI is InChI=1S/C14H22FN/c1-10(2)8-12-6-7-13(15)14(9-12)16(5)11(3)4/h6-7,9-11H,8H2,1-5H3. The van der Waals surface area contributed by atoms with Crippen molar-refractivity contribution in [3.8, 4) is 0 Å². The van der Waals surface area contributed by atoms with Crippen LogP contribution in [-0.4, -0.2) is 13.1 Å². The van der Waals surface area contributed by atoms with Crippen molar-refractivity contribution >= 4 is 5.69 Å². The second-order valence-corrected chi connectivity index (χ2v) is 5.09. The maximum Gasteiger partial charge on any atom is 0.146 e. The lowest BCUT2D eigenvalue weighted by atomic mass is 10.0. The van der Waals surface area contributed by atoms with Gasteiger partial charge < -0.3 is 4.90 Å². The van der Waals surface area contributed by atoms with Gasteiger partial charge in [0.05, 0.1) is 5.69 Å². The zero-order valence-corrected chi connectivity index (χ0v) is 10.9. The predicted molar refractivity (Wildman–Crippen MR) is 68.5 cm³/mol. The van der Waals surface area contributed by atoms with E-state index in [9.17, 15) is 4.39 Å². The minimum absolute atomic E-state index is 0.135. The van der Waals surface area contributed by atoms with Gasteiger partial charge in [-0.25, -0.2) is 4.39 Å². The monoisotopic (exact) mass is 223 g/mol. The van der Waals surface area contributed by atoms with Gasteiger partial charge in [0.2, 0.25) is 0 Å². The molecule has 0 unspecified atom stereocenters. The van der Waals surface area contributed by atoms with Crippen molar-refractivity contribution in [1.29, 1.82) is 0 Å². The van der Waals surface area contributed by atoms with Crippen LogP contribution in [0.1, 0.15) is 33.3 Å². The molecule has 0 N–H and O–H groups in total. The fraction of sp³-hybridized carbons (Fsp3) is 0.571. The Kier molecular flexibility index (Phi) is 4.34. The first-order valence-electron chi connectivity index (χ1n) is 5.93. The van der Waals surface area contributed by atoms with Crippen LogP contribution in [0.4, 0.5) is 10.1 Å². The van der Waals surface area contributed by atoms with E-state index in [4.69, 9.17) is 0 Å². The highest BCUT2D eigenvalue weighted by atomic mass is 19.1. The molecule has 1 rings (SSSR count). The molecular formula is C14H22FN. The fourth-order valence-corrected chi connectivity index (χ4v) is 1.71. The SMILES string of the molecule is CC(C)Cc1ccc(F)c(N(C)C(C)C)c1. The Morgan fingerprint density at radius 3 is 2.31 bits per heavy atom. The van der Waals surface area contributed by atoms with E-state index in [2.05, 4.69) is 27.7 Å². The highest BCUT2D eigenvalue weighted by Gasteiger charge is 2.11. The van der Waals surface area contributed by atoms with Crippen molar-refractivity contribution in [2.75, 3.05) is 11.9 Å². The molecule has 0 aliphatic carbocycles. The topological polar surface area (TPSA) is 3.24 Å². The number of anilines is 1. The molecule has 0 saturated carbocycles. The average molecular weight is 223 g/mol. The van der Waals surface area contributed by atoms with E-state index in [0.29, 0.717) is 17.6 Å². The van der Waals surface area contributed by atoms with E-state index in [1.807, 2.05) is 24.1 Å². The van der Waals surface area contributed by atoms with E-state index in [-0.39, 0.29) is 5.82 Å². The normalized spacial score (nSPS) is 11.2. The molecule has 0 saturated heterocycles. The maximum absolute atomic E-state index is 13.7. The number of hydrogen-bond acceptors (Lipinski definition) is 1. The first kappa shape index (κ1) is 13.0. The molecule has 0 heterocycles. The molecular weight excluding hydrogens is 201 g/mol. The number of benzene rings is 1. The van der Waals surface area contributed by atoms with E-state index in [1.54, 1.807) is 6.07 Å². The summed E-state index contributed by atoms with van der Waals surface area (Å²) < 4.78 is 13.7. The third-order valence-corrected chi connectivity index (χ3v) is 2.81. The molecule has 90 valence electrons. The summed E-state index contributed by atoms with van der Waals surface area (Å²) in [4.78, 5) is 1.97. The molecule has 1 aromatic carbocycles. The fourth-order valence-electron chi connectivity index (χ4n) is 1.71. The Morgan fingerprint density at radius 1 is 1.19 bits per heavy atom. The van der Waals surface area contributed by atoms with Crippen LogP contribution in [0.5, 0.6) is 0 Å². The van der Waals surface area contributed by atoms with Crippen LogP contribution >= 0.6 is 0 Å². The lowest BCUT2D eigenvalue weighted by Crippen LogP contribution is -2.26. The first-order chi connectivity index (χ1) is 7.41. The van der Waals surface area contributed by atoms with Crippen molar-refractivity contribution < 1.29 is 4.39 Å². The quantitative estimate of drug-likeness (QED) is 0.749. The van der Waals surface area contributed by atoms with Gasteiger partial charge >= 0.3 is 0 Å². The van der Waals surface area contributed by atoms with E-state index < -0.39 is 0 Å². The summed E-state index contributed by atoms with van der Waals surface area (Å²) in [6.07, 6.45) is 0.999. The molecule has 1 nitrogen and oxygen atoms in total. The third kappa shape index (κ3) is 3.22. The van der Waals surface area contributed by atoms with Crippen LogP contribution in [0.25, 0.3) is 0 Å². The van der Waals surface area contributed by atoms with Gasteiger partial charge in [-0.15, -0.1) is 0 Å². The highest BCUT2D eigenvalue weighted by Crippen LogP contribution is 2.22. The van der Waals surface area contributed by atoms with E-state index in [0.717, 1.165) is 6.42 Å². The molecule has 0 amide bonds. The second-order valence-electron chi connectivity index (χ2n) is 5.09. The van der Waals surface area contributed by atoms with Crippen LogP contribution in [-0.2, 0) is 6.42 Å². The van der Waals surface area contributed by atoms with Crippen LogP contribution in [0.15, 0.2) is 18.2 Å². The van der Waals surface area contributed by atoms with Gasteiger partial charge in [-0.1, -0.05) is 19.9 Å². The van der Waals surface area contributed by atoms with Gasteiger partial charge in [0.15, 0.2) is 0 Å². The number of halogens is 1. The molecule has 0 fully saturated rings. The van der Waals surface area contributed by atoms with Crippen molar-refractivity contribution in [3.63, 3.8) is 0 Å². The molecule has 16 heavy (non-hydrogen) atoms. The summed E-state index contributed by atoms with van der Waals surface area (Å²) in [6, 6.07) is 5.73. The average Bonchev–Trinajstić information content (AvgIpc) is 2.19. The van der Waals surface area contributed by atoms with Gasteiger partial charge in [0.1, 0.15) is 5.82 Å². The zero-order chi connectivity index (χ0) is 12.3. The van der Waals surface area contributed by atoms with E-state index >= 15 is 0 Å².